The minimum Gasteiger partial charge on any atom is -0.454 e. The smallest absolute Gasteiger partial charge is 0.250 e. The minimum atomic E-state index is -0.219. The van der Waals surface area contributed by atoms with Crippen LogP contribution in [0.25, 0.3) is 17.3 Å². The zero-order valence-corrected chi connectivity index (χ0v) is 15.6. The molecule has 0 fully saturated rings. The van der Waals surface area contributed by atoms with Gasteiger partial charge in [0.25, 0.3) is 0 Å². The number of aryl methyl sites for hydroxylation is 1. The van der Waals surface area contributed by atoms with Gasteiger partial charge in [-0.2, -0.15) is 0 Å². The quantitative estimate of drug-likeness (QED) is 0.651. The van der Waals surface area contributed by atoms with E-state index >= 15 is 0 Å². The number of ether oxygens (including phenoxy) is 2. The number of anilines is 1. The molecule has 1 aliphatic rings. The zero-order valence-electron chi connectivity index (χ0n) is 14.8. The summed E-state index contributed by atoms with van der Waals surface area (Å²) in [4.78, 5) is 18.0. The van der Waals surface area contributed by atoms with Gasteiger partial charge in [0.2, 0.25) is 12.7 Å². The average Bonchev–Trinajstić information content (AvgIpc) is 3.33. The number of nitrogens with zero attached hydrogens (tertiary/aromatic N) is 1. The van der Waals surface area contributed by atoms with E-state index in [2.05, 4.69) is 17.2 Å². The first kappa shape index (κ1) is 17.3. The molecule has 0 saturated heterocycles. The molecular formula is C21H18N2O3S. The van der Waals surface area contributed by atoms with E-state index in [1.807, 2.05) is 48.5 Å². The number of nitrogens with one attached hydrogen (secondary N) is 1. The van der Waals surface area contributed by atoms with Crippen LogP contribution in [0, 0.1) is 0 Å². The molecule has 0 atom stereocenters. The fourth-order valence-corrected chi connectivity index (χ4v) is 3.73. The molecule has 27 heavy (non-hydrogen) atoms. The van der Waals surface area contributed by atoms with Crippen LogP contribution in [0.4, 0.5) is 5.13 Å². The SMILES string of the molecule is CCc1sc(NC(=O)/C=C/c2ccc3c(c2)OCO3)nc1-c1ccccc1. The molecule has 2 heterocycles. The Balaban J connectivity index is 1.47. The number of amides is 1. The van der Waals surface area contributed by atoms with Gasteiger partial charge in [-0.25, -0.2) is 4.98 Å². The van der Waals surface area contributed by atoms with Gasteiger partial charge in [-0.3, -0.25) is 10.1 Å². The van der Waals surface area contributed by atoms with Gasteiger partial charge >= 0.3 is 0 Å². The zero-order chi connectivity index (χ0) is 18.6. The maximum Gasteiger partial charge on any atom is 0.250 e. The molecule has 0 bridgehead atoms. The van der Waals surface area contributed by atoms with Gasteiger partial charge < -0.3 is 9.47 Å². The van der Waals surface area contributed by atoms with Crippen molar-refractivity contribution < 1.29 is 14.3 Å². The third-order valence-corrected chi connectivity index (χ3v) is 5.23. The topological polar surface area (TPSA) is 60.5 Å². The lowest BCUT2D eigenvalue weighted by Crippen LogP contribution is -2.07. The number of carbonyl (C=O) groups is 1. The summed E-state index contributed by atoms with van der Waals surface area (Å²) in [5.74, 6) is 1.20. The summed E-state index contributed by atoms with van der Waals surface area (Å²) < 4.78 is 10.6. The van der Waals surface area contributed by atoms with Crippen LogP contribution in [0.1, 0.15) is 17.4 Å². The number of rotatable bonds is 5. The van der Waals surface area contributed by atoms with Crippen LogP contribution in [0.2, 0.25) is 0 Å². The lowest BCUT2D eigenvalue weighted by Gasteiger charge is -1.99. The molecule has 136 valence electrons. The van der Waals surface area contributed by atoms with E-state index in [0.29, 0.717) is 10.9 Å². The van der Waals surface area contributed by atoms with E-state index in [1.165, 1.54) is 17.4 Å². The Hall–Kier alpha value is -3.12. The number of benzene rings is 2. The van der Waals surface area contributed by atoms with Crippen molar-refractivity contribution in [3.8, 4) is 22.8 Å². The summed E-state index contributed by atoms with van der Waals surface area (Å²) in [6.07, 6.45) is 4.10. The van der Waals surface area contributed by atoms with Crippen molar-refractivity contribution in [1.82, 2.24) is 4.98 Å². The van der Waals surface area contributed by atoms with Crippen LogP contribution in [0.3, 0.4) is 0 Å². The van der Waals surface area contributed by atoms with Crippen molar-refractivity contribution in [3.05, 3.63) is 65.0 Å². The molecule has 4 rings (SSSR count). The second-order valence-corrected chi connectivity index (χ2v) is 7.03. The summed E-state index contributed by atoms with van der Waals surface area (Å²) in [6, 6.07) is 15.6. The summed E-state index contributed by atoms with van der Waals surface area (Å²) in [6.45, 7) is 2.32. The number of carbonyl (C=O) groups excluding carboxylic acids is 1. The Morgan fingerprint density at radius 1 is 1.19 bits per heavy atom. The van der Waals surface area contributed by atoms with Crippen LogP contribution < -0.4 is 14.8 Å². The monoisotopic (exact) mass is 378 g/mol. The van der Waals surface area contributed by atoms with Gasteiger partial charge in [0.15, 0.2) is 16.6 Å². The van der Waals surface area contributed by atoms with Crippen LogP contribution >= 0.6 is 11.3 Å². The van der Waals surface area contributed by atoms with E-state index in [4.69, 9.17) is 9.47 Å². The van der Waals surface area contributed by atoms with Gasteiger partial charge in [-0.15, -0.1) is 11.3 Å². The lowest BCUT2D eigenvalue weighted by molar-refractivity contribution is -0.111. The molecule has 6 heteroatoms. The van der Waals surface area contributed by atoms with E-state index in [9.17, 15) is 4.79 Å². The largest absolute Gasteiger partial charge is 0.454 e. The van der Waals surface area contributed by atoms with Crippen molar-refractivity contribution in [2.24, 2.45) is 0 Å². The molecule has 0 spiro atoms. The van der Waals surface area contributed by atoms with E-state index in [-0.39, 0.29) is 12.7 Å². The van der Waals surface area contributed by atoms with E-state index in [0.717, 1.165) is 33.9 Å². The maximum atomic E-state index is 12.3. The molecule has 0 radical (unpaired) electrons. The number of hydrogen-bond donors (Lipinski definition) is 1. The van der Waals surface area contributed by atoms with Crippen LogP contribution in [-0.4, -0.2) is 17.7 Å². The van der Waals surface area contributed by atoms with Crippen molar-refractivity contribution in [3.63, 3.8) is 0 Å². The summed E-state index contributed by atoms with van der Waals surface area (Å²) >= 11 is 1.51. The highest BCUT2D eigenvalue weighted by molar-refractivity contribution is 7.16. The molecule has 1 amide bonds. The Morgan fingerprint density at radius 2 is 2.00 bits per heavy atom. The Kier molecular flexibility index (Phi) is 4.89. The second kappa shape index (κ2) is 7.63. The maximum absolute atomic E-state index is 12.3. The van der Waals surface area contributed by atoms with Gasteiger partial charge in [-0.1, -0.05) is 43.3 Å². The highest BCUT2D eigenvalue weighted by Gasteiger charge is 2.14. The summed E-state index contributed by atoms with van der Waals surface area (Å²) in [5, 5.41) is 3.46. The minimum absolute atomic E-state index is 0.219. The third-order valence-electron chi connectivity index (χ3n) is 4.12. The molecule has 3 aromatic rings. The second-order valence-electron chi connectivity index (χ2n) is 5.95. The highest BCUT2D eigenvalue weighted by Crippen LogP contribution is 2.33. The van der Waals surface area contributed by atoms with Crippen molar-refractivity contribution in [1.29, 1.82) is 0 Å². The molecule has 0 aliphatic carbocycles. The Labute approximate surface area is 161 Å². The van der Waals surface area contributed by atoms with Crippen LogP contribution in [0.5, 0.6) is 11.5 Å². The summed E-state index contributed by atoms with van der Waals surface area (Å²) in [5.41, 5.74) is 2.85. The number of fused-ring (bicyclic) bond motifs is 1. The van der Waals surface area contributed by atoms with Gasteiger partial charge in [0.05, 0.1) is 5.69 Å². The Bertz CT molecular complexity index is 996. The average molecular weight is 378 g/mol. The van der Waals surface area contributed by atoms with Crippen molar-refractivity contribution in [2.75, 3.05) is 12.1 Å². The molecule has 0 unspecified atom stereocenters. The van der Waals surface area contributed by atoms with E-state index < -0.39 is 0 Å². The predicted octanol–water partition coefficient (Wildman–Crippen LogP) is 4.75. The van der Waals surface area contributed by atoms with Crippen LogP contribution in [0.15, 0.2) is 54.6 Å². The molecular weight excluding hydrogens is 360 g/mol. The Morgan fingerprint density at radius 3 is 2.81 bits per heavy atom. The number of hydrogen-bond acceptors (Lipinski definition) is 5. The molecule has 5 nitrogen and oxygen atoms in total. The van der Waals surface area contributed by atoms with Gasteiger partial charge in [0.1, 0.15) is 0 Å². The standard InChI is InChI=1S/C21H18N2O3S/c1-2-18-20(15-6-4-3-5-7-15)23-21(27-18)22-19(24)11-9-14-8-10-16-17(12-14)26-13-25-16/h3-12H,2,13H2,1H3,(H,22,23,24)/b11-9+. The first-order chi connectivity index (χ1) is 13.2. The predicted molar refractivity (Wildman–Crippen MR) is 107 cm³/mol. The number of thiazole rings is 1. The molecule has 2 aromatic carbocycles. The molecule has 0 saturated carbocycles. The van der Waals surface area contributed by atoms with Crippen LogP contribution in [-0.2, 0) is 11.2 Å². The lowest BCUT2D eigenvalue weighted by atomic mass is 10.1. The van der Waals surface area contributed by atoms with Crippen molar-refractivity contribution >= 4 is 28.5 Å². The summed E-state index contributed by atoms with van der Waals surface area (Å²) in [7, 11) is 0. The van der Waals surface area contributed by atoms with E-state index in [1.54, 1.807) is 6.08 Å². The van der Waals surface area contributed by atoms with Gasteiger partial charge in [-0.05, 0) is 30.2 Å². The molecule has 1 aromatic heterocycles. The molecule has 1 aliphatic heterocycles. The number of aromatic nitrogens is 1. The van der Waals surface area contributed by atoms with Crippen molar-refractivity contribution in [2.45, 2.75) is 13.3 Å². The first-order valence-corrected chi connectivity index (χ1v) is 9.48. The fraction of sp³-hybridized carbons (Fsp3) is 0.143. The third kappa shape index (κ3) is 3.85. The fourth-order valence-electron chi connectivity index (χ4n) is 2.80. The normalized spacial score (nSPS) is 12.5. The molecule has 1 N–H and O–H groups in total. The highest BCUT2D eigenvalue weighted by atomic mass is 32.1. The van der Waals surface area contributed by atoms with Gasteiger partial charge in [0, 0.05) is 16.5 Å². The first-order valence-electron chi connectivity index (χ1n) is 8.67.